The van der Waals surface area contributed by atoms with E-state index in [-0.39, 0.29) is 12.4 Å². The van der Waals surface area contributed by atoms with Crippen LogP contribution in [0.15, 0.2) is 54.6 Å². The molecule has 0 bridgehead atoms. The summed E-state index contributed by atoms with van der Waals surface area (Å²) in [5.41, 5.74) is 1.38. The number of aryl methyl sites for hydroxylation is 1. The van der Waals surface area contributed by atoms with Crippen molar-refractivity contribution >= 4 is 10.8 Å². The first-order valence-corrected chi connectivity index (χ1v) is 7.94. The van der Waals surface area contributed by atoms with E-state index in [2.05, 4.69) is 0 Å². The van der Waals surface area contributed by atoms with Gasteiger partial charge >= 0.3 is 6.18 Å². The molecule has 3 rings (SSSR count). The minimum atomic E-state index is -4.37. The van der Waals surface area contributed by atoms with Crippen molar-refractivity contribution in [3.05, 3.63) is 65.7 Å². The number of aliphatic hydroxyl groups is 1. The van der Waals surface area contributed by atoms with Crippen molar-refractivity contribution in [1.29, 1.82) is 0 Å². The Bertz CT molecular complexity index is 884. The zero-order valence-corrected chi connectivity index (χ0v) is 13.3. The van der Waals surface area contributed by atoms with Gasteiger partial charge in [0.25, 0.3) is 0 Å². The van der Waals surface area contributed by atoms with Gasteiger partial charge in [-0.15, -0.1) is 0 Å². The van der Waals surface area contributed by atoms with Crippen LogP contribution in [0.25, 0.3) is 21.9 Å². The van der Waals surface area contributed by atoms with Gasteiger partial charge in [0.05, 0.1) is 5.56 Å². The van der Waals surface area contributed by atoms with Gasteiger partial charge in [0.1, 0.15) is 5.75 Å². The Balaban J connectivity index is 2.16. The first-order valence-electron chi connectivity index (χ1n) is 7.94. The lowest BCUT2D eigenvalue weighted by Gasteiger charge is -2.14. The summed E-state index contributed by atoms with van der Waals surface area (Å²) in [6, 6.07) is 14.0. The number of halogens is 3. The highest BCUT2D eigenvalue weighted by molar-refractivity contribution is 6.01. The molecule has 0 atom stereocenters. The van der Waals surface area contributed by atoms with Crippen LogP contribution in [0.4, 0.5) is 13.2 Å². The maximum Gasteiger partial charge on any atom is 0.416 e. The molecule has 0 saturated heterocycles. The van der Waals surface area contributed by atoms with E-state index in [1.165, 1.54) is 12.1 Å². The second-order valence-corrected chi connectivity index (χ2v) is 5.88. The van der Waals surface area contributed by atoms with Crippen LogP contribution < -0.4 is 0 Å². The van der Waals surface area contributed by atoms with Gasteiger partial charge in [-0.05, 0) is 53.1 Å². The SMILES string of the molecule is OCCCc1cc(-c2ccc(C(F)(F)F)cc2)c2ccccc2c1O. The third kappa shape index (κ3) is 3.46. The molecule has 2 N–H and O–H groups in total. The lowest BCUT2D eigenvalue weighted by molar-refractivity contribution is -0.137. The van der Waals surface area contributed by atoms with Crippen molar-refractivity contribution in [3.63, 3.8) is 0 Å². The van der Waals surface area contributed by atoms with Gasteiger partial charge in [-0.1, -0.05) is 36.4 Å². The number of phenolic OH excluding ortho intramolecular Hbond substituents is 1. The Morgan fingerprint density at radius 2 is 1.52 bits per heavy atom. The van der Waals surface area contributed by atoms with Crippen LogP contribution in [0.2, 0.25) is 0 Å². The molecular weight excluding hydrogens is 329 g/mol. The van der Waals surface area contributed by atoms with Crippen molar-refractivity contribution in [3.8, 4) is 16.9 Å². The van der Waals surface area contributed by atoms with Crippen molar-refractivity contribution in [2.75, 3.05) is 6.61 Å². The van der Waals surface area contributed by atoms with Crippen molar-refractivity contribution in [2.45, 2.75) is 19.0 Å². The number of alkyl halides is 3. The summed E-state index contributed by atoms with van der Waals surface area (Å²) in [6.45, 7) is 0.00186. The number of hydrogen-bond donors (Lipinski definition) is 2. The zero-order chi connectivity index (χ0) is 18.0. The molecule has 3 aromatic rings. The topological polar surface area (TPSA) is 40.5 Å². The quantitative estimate of drug-likeness (QED) is 0.685. The second kappa shape index (κ2) is 6.76. The number of phenols is 1. The molecular formula is C20H17F3O2. The number of rotatable bonds is 4. The van der Waals surface area contributed by atoms with Gasteiger partial charge in [0.15, 0.2) is 0 Å². The Morgan fingerprint density at radius 3 is 2.12 bits per heavy atom. The highest BCUT2D eigenvalue weighted by Crippen LogP contribution is 2.38. The Morgan fingerprint density at radius 1 is 0.880 bits per heavy atom. The lowest BCUT2D eigenvalue weighted by Crippen LogP contribution is -2.04. The molecule has 0 heterocycles. The number of hydrogen-bond acceptors (Lipinski definition) is 2. The van der Waals surface area contributed by atoms with E-state index in [9.17, 15) is 18.3 Å². The summed E-state index contributed by atoms with van der Waals surface area (Å²) in [5.74, 6) is 0.153. The maximum absolute atomic E-state index is 12.8. The van der Waals surface area contributed by atoms with Crippen LogP contribution in [0.3, 0.4) is 0 Å². The predicted molar refractivity (Wildman–Crippen MR) is 91.5 cm³/mol. The number of aliphatic hydroxyl groups excluding tert-OH is 1. The van der Waals surface area contributed by atoms with E-state index < -0.39 is 11.7 Å². The summed E-state index contributed by atoms with van der Waals surface area (Å²) in [4.78, 5) is 0. The first-order chi connectivity index (χ1) is 11.9. The van der Waals surface area contributed by atoms with Crippen LogP contribution in [0.1, 0.15) is 17.5 Å². The van der Waals surface area contributed by atoms with Gasteiger partial charge in [-0.25, -0.2) is 0 Å². The maximum atomic E-state index is 12.8. The van der Waals surface area contributed by atoms with E-state index >= 15 is 0 Å². The molecule has 25 heavy (non-hydrogen) atoms. The average molecular weight is 346 g/mol. The Kier molecular flexibility index (Phi) is 4.68. The lowest BCUT2D eigenvalue weighted by atomic mass is 9.92. The number of fused-ring (bicyclic) bond motifs is 1. The predicted octanol–water partition coefficient (Wildman–Crippen LogP) is 5.16. The Labute approximate surface area is 143 Å². The van der Waals surface area contributed by atoms with Crippen LogP contribution in [-0.4, -0.2) is 16.8 Å². The molecule has 5 heteroatoms. The molecule has 0 saturated carbocycles. The normalized spacial score (nSPS) is 11.8. The van der Waals surface area contributed by atoms with Gasteiger partial charge in [0, 0.05) is 12.0 Å². The standard InChI is InChI=1S/C20H17F3O2/c21-20(22,23)15-9-7-13(8-10-15)18-12-14(4-3-11-24)19(25)17-6-2-1-5-16(17)18/h1-2,5-10,12,24-25H,3-4,11H2. The van der Waals surface area contributed by atoms with E-state index in [4.69, 9.17) is 5.11 Å². The first kappa shape index (κ1) is 17.3. The molecule has 0 fully saturated rings. The summed E-state index contributed by atoms with van der Waals surface area (Å²) in [6.07, 6.45) is -3.39. The summed E-state index contributed by atoms with van der Waals surface area (Å²) < 4.78 is 38.3. The molecule has 0 aliphatic carbocycles. The van der Waals surface area contributed by atoms with Crippen molar-refractivity contribution < 1.29 is 23.4 Å². The molecule has 0 unspecified atom stereocenters. The third-order valence-electron chi connectivity index (χ3n) is 4.22. The molecule has 0 amide bonds. The minimum absolute atomic E-state index is 0.00186. The fourth-order valence-corrected chi connectivity index (χ4v) is 2.96. The fraction of sp³-hybridized carbons (Fsp3) is 0.200. The van der Waals surface area contributed by atoms with E-state index in [0.717, 1.165) is 23.1 Å². The molecule has 130 valence electrons. The minimum Gasteiger partial charge on any atom is -0.507 e. The monoisotopic (exact) mass is 346 g/mol. The van der Waals surface area contributed by atoms with Gasteiger partial charge < -0.3 is 10.2 Å². The zero-order valence-electron chi connectivity index (χ0n) is 13.3. The largest absolute Gasteiger partial charge is 0.507 e. The third-order valence-corrected chi connectivity index (χ3v) is 4.22. The number of benzene rings is 3. The molecule has 0 aliphatic heterocycles. The van der Waals surface area contributed by atoms with Crippen LogP contribution in [0.5, 0.6) is 5.75 Å². The van der Waals surface area contributed by atoms with Crippen molar-refractivity contribution in [1.82, 2.24) is 0 Å². The van der Waals surface area contributed by atoms with E-state index in [0.29, 0.717) is 29.4 Å². The molecule has 0 aromatic heterocycles. The Hall–Kier alpha value is -2.53. The molecule has 0 radical (unpaired) electrons. The van der Waals surface area contributed by atoms with Gasteiger partial charge in [-0.3, -0.25) is 0 Å². The van der Waals surface area contributed by atoms with Crippen LogP contribution >= 0.6 is 0 Å². The highest BCUT2D eigenvalue weighted by atomic mass is 19.4. The summed E-state index contributed by atoms with van der Waals surface area (Å²) in [7, 11) is 0. The van der Waals surface area contributed by atoms with Gasteiger partial charge in [-0.2, -0.15) is 13.2 Å². The molecule has 0 aliphatic rings. The second-order valence-electron chi connectivity index (χ2n) is 5.88. The van der Waals surface area contributed by atoms with Crippen molar-refractivity contribution in [2.24, 2.45) is 0 Å². The molecule has 0 spiro atoms. The fourth-order valence-electron chi connectivity index (χ4n) is 2.96. The van der Waals surface area contributed by atoms with Crippen LogP contribution in [-0.2, 0) is 12.6 Å². The highest BCUT2D eigenvalue weighted by Gasteiger charge is 2.30. The molecule has 3 aromatic carbocycles. The summed E-state index contributed by atoms with van der Waals surface area (Å²) >= 11 is 0. The number of aromatic hydroxyl groups is 1. The van der Waals surface area contributed by atoms with E-state index in [1.807, 2.05) is 12.1 Å². The average Bonchev–Trinajstić information content (AvgIpc) is 2.61. The van der Waals surface area contributed by atoms with Crippen LogP contribution in [0, 0.1) is 0 Å². The summed E-state index contributed by atoms with van der Waals surface area (Å²) in [5, 5.41) is 20.9. The smallest absolute Gasteiger partial charge is 0.416 e. The van der Waals surface area contributed by atoms with Gasteiger partial charge in [0.2, 0.25) is 0 Å². The van der Waals surface area contributed by atoms with E-state index in [1.54, 1.807) is 18.2 Å². The molecule has 2 nitrogen and oxygen atoms in total.